The van der Waals surface area contributed by atoms with E-state index in [1.54, 1.807) is 24.0 Å². The van der Waals surface area contributed by atoms with Gasteiger partial charge in [-0.1, -0.05) is 58.6 Å². The van der Waals surface area contributed by atoms with E-state index in [0.29, 0.717) is 17.1 Å². The van der Waals surface area contributed by atoms with Gasteiger partial charge in [0.1, 0.15) is 11.9 Å². The Balaban J connectivity index is 1.67. The molecule has 0 saturated heterocycles. The number of halogens is 3. The topological polar surface area (TPSA) is 49.4 Å². The van der Waals surface area contributed by atoms with Crippen LogP contribution in [0.5, 0.6) is 0 Å². The van der Waals surface area contributed by atoms with Gasteiger partial charge >= 0.3 is 0 Å². The Morgan fingerprint density at radius 1 is 1.22 bits per heavy atom. The fraction of sp³-hybridized carbons (Fsp3) is 0.417. The van der Waals surface area contributed by atoms with Crippen molar-refractivity contribution in [2.75, 3.05) is 5.75 Å². The molecule has 2 amide bonds. The Morgan fingerprint density at radius 2 is 1.91 bits per heavy atom. The molecule has 0 aromatic heterocycles. The van der Waals surface area contributed by atoms with Gasteiger partial charge < -0.3 is 10.2 Å². The second-order valence-electron chi connectivity index (χ2n) is 8.01. The molecule has 1 fully saturated rings. The highest BCUT2D eigenvalue weighted by atomic mass is 79.9. The van der Waals surface area contributed by atoms with Gasteiger partial charge in [-0.25, -0.2) is 4.39 Å². The maximum atomic E-state index is 14.0. The van der Waals surface area contributed by atoms with E-state index in [2.05, 4.69) is 21.2 Å². The zero-order chi connectivity index (χ0) is 23.1. The van der Waals surface area contributed by atoms with Gasteiger partial charge in [0.15, 0.2) is 0 Å². The molecule has 1 aliphatic carbocycles. The molecule has 2 aromatic carbocycles. The van der Waals surface area contributed by atoms with Crippen molar-refractivity contribution >= 4 is 51.1 Å². The number of hydrogen-bond acceptors (Lipinski definition) is 3. The number of benzene rings is 2. The van der Waals surface area contributed by atoms with Crippen molar-refractivity contribution < 1.29 is 14.0 Å². The van der Waals surface area contributed by atoms with Crippen LogP contribution >= 0.6 is 39.3 Å². The van der Waals surface area contributed by atoms with Crippen molar-refractivity contribution in [3.8, 4) is 0 Å². The lowest BCUT2D eigenvalue weighted by molar-refractivity contribution is -0.138. The summed E-state index contributed by atoms with van der Waals surface area (Å²) in [5.41, 5.74) is 1.32. The molecule has 0 bridgehead atoms. The van der Waals surface area contributed by atoms with E-state index in [1.807, 2.05) is 24.3 Å². The van der Waals surface area contributed by atoms with E-state index in [1.165, 1.54) is 17.8 Å². The predicted octanol–water partition coefficient (Wildman–Crippen LogP) is 5.95. The first kappa shape index (κ1) is 25.1. The molecule has 0 aliphatic heterocycles. The molecule has 1 saturated carbocycles. The third kappa shape index (κ3) is 6.96. The van der Waals surface area contributed by atoms with Crippen LogP contribution in [0.2, 0.25) is 5.02 Å². The molecule has 1 N–H and O–H groups in total. The number of nitrogens with zero attached hydrogens (tertiary/aromatic N) is 1. The highest BCUT2D eigenvalue weighted by Gasteiger charge is 2.28. The minimum Gasteiger partial charge on any atom is -0.352 e. The largest absolute Gasteiger partial charge is 0.352 e. The van der Waals surface area contributed by atoms with E-state index in [4.69, 9.17) is 11.6 Å². The summed E-state index contributed by atoms with van der Waals surface area (Å²) in [5, 5.41) is 3.44. The number of carbonyl (C=O) groups excluding carboxylic acids is 2. The smallest absolute Gasteiger partial charge is 0.242 e. The molecule has 0 spiro atoms. The third-order valence-corrected chi connectivity index (χ3v) is 7.50. The molecule has 172 valence electrons. The van der Waals surface area contributed by atoms with Gasteiger partial charge in [-0.2, -0.15) is 0 Å². The van der Waals surface area contributed by atoms with Gasteiger partial charge in [-0.15, -0.1) is 11.8 Å². The van der Waals surface area contributed by atoms with Crippen LogP contribution in [0.3, 0.4) is 0 Å². The molecule has 0 radical (unpaired) electrons. The summed E-state index contributed by atoms with van der Waals surface area (Å²) in [6, 6.07) is 11.8. The van der Waals surface area contributed by atoms with Crippen LogP contribution in [-0.2, 0) is 21.9 Å². The maximum Gasteiger partial charge on any atom is 0.242 e. The molecule has 2 aromatic rings. The van der Waals surface area contributed by atoms with E-state index < -0.39 is 6.04 Å². The summed E-state index contributed by atoms with van der Waals surface area (Å²) in [6.45, 7) is 2.09. The second-order valence-corrected chi connectivity index (χ2v) is 10.3. The van der Waals surface area contributed by atoms with Gasteiger partial charge in [0.2, 0.25) is 11.8 Å². The zero-order valence-corrected chi connectivity index (χ0v) is 21.1. The number of carbonyl (C=O) groups is 2. The Bertz CT molecular complexity index is 918. The van der Waals surface area contributed by atoms with Crippen LogP contribution in [0.1, 0.15) is 43.7 Å². The standard InChI is InChI=1S/C24H27BrClFN2O2S/c1-16(24(31)28-19-5-2-3-6-19)29(13-17-9-11-18(25)12-10-17)23(30)15-32-14-20-21(26)7-4-8-22(20)27/h4,7-12,16,19H,2-3,5-6,13-15H2,1H3,(H,28,31)/t16-/m1/s1. The molecule has 3 rings (SSSR count). The summed E-state index contributed by atoms with van der Waals surface area (Å²) in [7, 11) is 0. The van der Waals surface area contributed by atoms with E-state index in [9.17, 15) is 14.0 Å². The summed E-state index contributed by atoms with van der Waals surface area (Å²) >= 11 is 10.8. The summed E-state index contributed by atoms with van der Waals surface area (Å²) in [4.78, 5) is 27.6. The highest BCUT2D eigenvalue weighted by Crippen LogP contribution is 2.25. The Hall–Kier alpha value is -1.57. The van der Waals surface area contributed by atoms with Crippen LogP contribution in [0, 0.1) is 5.82 Å². The quantitative estimate of drug-likeness (QED) is 0.427. The van der Waals surface area contributed by atoms with Gasteiger partial charge in [-0.05, 0) is 49.6 Å². The first-order chi connectivity index (χ1) is 15.3. The van der Waals surface area contributed by atoms with Crippen LogP contribution in [0.25, 0.3) is 0 Å². The van der Waals surface area contributed by atoms with E-state index in [-0.39, 0.29) is 35.2 Å². The zero-order valence-electron chi connectivity index (χ0n) is 18.0. The number of hydrogen-bond donors (Lipinski definition) is 1. The first-order valence-corrected chi connectivity index (χ1v) is 13.0. The van der Waals surface area contributed by atoms with Gasteiger partial charge in [0.05, 0.1) is 5.75 Å². The van der Waals surface area contributed by atoms with Crippen molar-refractivity contribution in [2.45, 2.75) is 57.0 Å². The normalized spacial score (nSPS) is 14.9. The van der Waals surface area contributed by atoms with Crippen LogP contribution in [0.15, 0.2) is 46.9 Å². The minimum atomic E-state index is -0.607. The minimum absolute atomic E-state index is 0.127. The van der Waals surface area contributed by atoms with Crippen molar-refractivity contribution in [1.82, 2.24) is 10.2 Å². The SMILES string of the molecule is C[C@H](C(=O)NC1CCCC1)N(Cc1ccc(Br)cc1)C(=O)CSCc1c(F)cccc1Cl. The maximum absolute atomic E-state index is 14.0. The molecule has 0 unspecified atom stereocenters. The molecule has 1 atom stereocenters. The highest BCUT2D eigenvalue weighted by molar-refractivity contribution is 9.10. The first-order valence-electron chi connectivity index (χ1n) is 10.7. The molecular formula is C24H27BrClFN2O2S. The molecule has 0 heterocycles. The number of thioether (sulfide) groups is 1. The lowest BCUT2D eigenvalue weighted by atomic mass is 10.1. The van der Waals surface area contributed by atoms with Crippen LogP contribution in [0.4, 0.5) is 4.39 Å². The average Bonchev–Trinajstić information content (AvgIpc) is 3.27. The van der Waals surface area contributed by atoms with E-state index in [0.717, 1.165) is 35.7 Å². The van der Waals surface area contributed by atoms with Crippen molar-refractivity contribution in [1.29, 1.82) is 0 Å². The molecule has 32 heavy (non-hydrogen) atoms. The van der Waals surface area contributed by atoms with Crippen molar-refractivity contribution in [3.63, 3.8) is 0 Å². The number of rotatable bonds is 9. The third-order valence-electron chi connectivity index (χ3n) is 5.67. The van der Waals surface area contributed by atoms with Crippen molar-refractivity contribution in [3.05, 3.63) is 68.9 Å². The number of amides is 2. The van der Waals surface area contributed by atoms with Gasteiger partial charge in [0, 0.05) is 33.4 Å². The Morgan fingerprint density at radius 3 is 2.56 bits per heavy atom. The average molecular weight is 542 g/mol. The van der Waals surface area contributed by atoms with Crippen molar-refractivity contribution in [2.24, 2.45) is 0 Å². The predicted molar refractivity (Wildman–Crippen MR) is 132 cm³/mol. The summed E-state index contributed by atoms with van der Waals surface area (Å²) < 4.78 is 15.0. The monoisotopic (exact) mass is 540 g/mol. The van der Waals surface area contributed by atoms with E-state index >= 15 is 0 Å². The second kappa shape index (κ2) is 12.1. The Kier molecular flexibility index (Phi) is 9.44. The lowest BCUT2D eigenvalue weighted by Crippen LogP contribution is -2.50. The van der Waals surface area contributed by atoms with Gasteiger partial charge in [-0.3, -0.25) is 9.59 Å². The van der Waals surface area contributed by atoms with Crippen LogP contribution in [-0.4, -0.2) is 34.6 Å². The molecule has 1 aliphatic rings. The fourth-order valence-corrected chi connectivity index (χ4v) is 5.27. The lowest BCUT2D eigenvalue weighted by Gasteiger charge is -2.29. The molecular weight excluding hydrogens is 515 g/mol. The Labute approximate surface area is 206 Å². The fourth-order valence-electron chi connectivity index (χ4n) is 3.75. The van der Waals surface area contributed by atoms with Crippen LogP contribution < -0.4 is 5.32 Å². The number of nitrogens with one attached hydrogen (secondary N) is 1. The molecule has 8 heteroatoms. The summed E-state index contributed by atoms with van der Waals surface area (Å²) in [6.07, 6.45) is 4.21. The molecule has 4 nitrogen and oxygen atoms in total. The van der Waals surface area contributed by atoms with Gasteiger partial charge in [0.25, 0.3) is 0 Å². The summed E-state index contributed by atoms with van der Waals surface area (Å²) in [5.74, 6) is -0.272.